The Morgan fingerprint density at radius 2 is 1.92 bits per heavy atom. The summed E-state index contributed by atoms with van der Waals surface area (Å²) in [4.78, 5) is 12.3. The second-order valence-corrected chi connectivity index (χ2v) is 6.28. The summed E-state index contributed by atoms with van der Waals surface area (Å²) < 4.78 is 1.66. The lowest BCUT2D eigenvalue weighted by Gasteiger charge is -2.23. The highest BCUT2D eigenvalue weighted by Gasteiger charge is 2.26. The second kappa shape index (κ2) is 7.07. The van der Waals surface area contributed by atoms with Gasteiger partial charge in [-0.3, -0.25) is 0 Å². The number of nitrogens with zero attached hydrogens (tertiary/aromatic N) is 4. The van der Waals surface area contributed by atoms with E-state index >= 15 is 0 Å². The average molecular weight is 346 g/mol. The molecule has 2 amide bonds. The van der Waals surface area contributed by atoms with E-state index in [0.717, 1.165) is 5.69 Å². The number of urea groups is 1. The minimum absolute atomic E-state index is 0.389. The maximum atomic E-state index is 12.3. The lowest BCUT2D eigenvalue weighted by atomic mass is 10.0. The predicted molar refractivity (Wildman–Crippen MR) is 97.7 cm³/mol. The van der Waals surface area contributed by atoms with Gasteiger partial charge < -0.3 is 10.6 Å². The SMILES string of the molecule is CC(C)(NC(=O)Nc1cccc(C#N)c1)c1cn(-c2ccccc2)nn1. The van der Waals surface area contributed by atoms with E-state index in [1.54, 1.807) is 35.1 Å². The van der Waals surface area contributed by atoms with Crippen LogP contribution in [0.2, 0.25) is 0 Å². The van der Waals surface area contributed by atoms with Gasteiger partial charge in [0.2, 0.25) is 0 Å². The molecule has 3 rings (SSSR count). The molecule has 0 saturated carbocycles. The van der Waals surface area contributed by atoms with Gasteiger partial charge in [-0.25, -0.2) is 9.48 Å². The first kappa shape index (κ1) is 17.2. The number of anilines is 1. The van der Waals surface area contributed by atoms with Gasteiger partial charge in [0.05, 0.1) is 29.1 Å². The molecule has 7 nitrogen and oxygen atoms in total. The fraction of sp³-hybridized carbons (Fsp3) is 0.158. The van der Waals surface area contributed by atoms with Crippen molar-refractivity contribution in [2.45, 2.75) is 19.4 Å². The number of rotatable bonds is 4. The summed E-state index contributed by atoms with van der Waals surface area (Å²) in [6.07, 6.45) is 1.78. The first-order valence-electron chi connectivity index (χ1n) is 8.05. The molecule has 130 valence electrons. The van der Waals surface area contributed by atoms with Crippen LogP contribution in [0.4, 0.5) is 10.5 Å². The standard InChI is InChI=1S/C19H18N6O/c1-19(2,17-13-25(24-23-17)16-9-4-3-5-10-16)22-18(26)21-15-8-6-7-14(11-15)12-20/h3-11,13H,1-2H3,(H2,21,22,26). The smallest absolute Gasteiger partial charge is 0.319 e. The molecule has 0 bridgehead atoms. The van der Waals surface area contributed by atoms with Crippen LogP contribution in [-0.4, -0.2) is 21.0 Å². The highest BCUT2D eigenvalue weighted by Crippen LogP contribution is 2.19. The van der Waals surface area contributed by atoms with E-state index in [-0.39, 0.29) is 6.03 Å². The minimum atomic E-state index is -0.732. The molecule has 0 radical (unpaired) electrons. The van der Waals surface area contributed by atoms with Gasteiger partial charge in [0.25, 0.3) is 0 Å². The van der Waals surface area contributed by atoms with Crippen LogP contribution in [0.25, 0.3) is 5.69 Å². The molecule has 0 saturated heterocycles. The van der Waals surface area contributed by atoms with E-state index in [1.807, 2.05) is 50.2 Å². The van der Waals surface area contributed by atoms with Gasteiger partial charge in [-0.05, 0) is 44.2 Å². The van der Waals surface area contributed by atoms with Crippen molar-refractivity contribution in [2.24, 2.45) is 0 Å². The molecule has 0 unspecified atom stereocenters. The second-order valence-electron chi connectivity index (χ2n) is 6.28. The van der Waals surface area contributed by atoms with Crippen LogP contribution in [0.15, 0.2) is 60.8 Å². The van der Waals surface area contributed by atoms with Crippen molar-refractivity contribution >= 4 is 11.7 Å². The normalized spacial score (nSPS) is 10.8. The van der Waals surface area contributed by atoms with Crippen molar-refractivity contribution in [2.75, 3.05) is 5.32 Å². The molecular weight excluding hydrogens is 328 g/mol. The first-order chi connectivity index (χ1) is 12.5. The van der Waals surface area contributed by atoms with E-state index in [4.69, 9.17) is 5.26 Å². The Labute approximate surface area is 151 Å². The molecule has 2 aromatic carbocycles. The van der Waals surface area contributed by atoms with Crippen LogP contribution in [0.3, 0.4) is 0 Å². The largest absolute Gasteiger partial charge is 0.327 e. The van der Waals surface area contributed by atoms with Gasteiger partial charge in [0.15, 0.2) is 0 Å². The zero-order valence-corrected chi connectivity index (χ0v) is 14.5. The molecule has 2 N–H and O–H groups in total. The van der Waals surface area contributed by atoms with Gasteiger partial charge in [-0.2, -0.15) is 5.26 Å². The fourth-order valence-corrected chi connectivity index (χ4v) is 2.43. The third-order valence-corrected chi connectivity index (χ3v) is 3.83. The number of carbonyl (C=O) groups is 1. The van der Waals surface area contributed by atoms with Crippen molar-refractivity contribution in [3.8, 4) is 11.8 Å². The fourth-order valence-electron chi connectivity index (χ4n) is 2.43. The van der Waals surface area contributed by atoms with Crippen LogP contribution in [0, 0.1) is 11.3 Å². The number of benzene rings is 2. The molecular formula is C19H18N6O. The molecule has 1 heterocycles. The van der Waals surface area contributed by atoms with Crippen molar-refractivity contribution in [1.29, 1.82) is 5.26 Å². The number of nitrogens with one attached hydrogen (secondary N) is 2. The maximum Gasteiger partial charge on any atom is 0.319 e. The monoisotopic (exact) mass is 346 g/mol. The molecule has 7 heteroatoms. The molecule has 3 aromatic rings. The van der Waals surface area contributed by atoms with Gasteiger partial charge in [-0.15, -0.1) is 5.10 Å². The van der Waals surface area contributed by atoms with Gasteiger partial charge in [0, 0.05) is 5.69 Å². The Morgan fingerprint density at radius 3 is 2.65 bits per heavy atom. The molecule has 0 aliphatic rings. The third-order valence-electron chi connectivity index (χ3n) is 3.83. The predicted octanol–water partition coefficient (Wildman–Crippen LogP) is 3.20. The Balaban J connectivity index is 1.71. The number of aromatic nitrogens is 3. The summed E-state index contributed by atoms with van der Waals surface area (Å²) in [5.74, 6) is 0. The van der Waals surface area contributed by atoms with Gasteiger partial charge in [-0.1, -0.05) is 29.5 Å². The quantitative estimate of drug-likeness (QED) is 0.758. The zero-order valence-electron chi connectivity index (χ0n) is 14.5. The van der Waals surface area contributed by atoms with E-state index in [0.29, 0.717) is 16.9 Å². The topological polar surface area (TPSA) is 95.6 Å². The van der Waals surface area contributed by atoms with Crippen LogP contribution in [0.1, 0.15) is 25.1 Å². The lowest BCUT2D eigenvalue weighted by Crippen LogP contribution is -2.43. The summed E-state index contributed by atoms with van der Waals surface area (Å²) in [5.41, 5.74) is 1.81. The highest BCUT2D eigenvalue weighted by molar-refractivity contribution is 5.89. The Hall–Kier alpha value is -3.66. The van der Waals surface area contributed by atoms with Crippen LogP contribution >= 0.6 is 0 Å². The summed E-state index contributed by atoms with van der Waals surface area (Å²) in [6, 6.07) is 18.0. The average Bonchev–Trinajstić information content (AvgIpc) is 3.13. The van der Waals surface area contributed by atoms with E-state index in [2.05, 4.69) is 20.9 Å². The highest BCUT2D eigenvalue weighted by atomic mass is 16.2. The van der Waals surface area contributed by atoms with E-state index < -0.39 is 5.54 Å². The molecule has 0 aliphatic heterocycles. The Bertz CT molecular complexity index is 955. The Kier molecular flexibility index (Phi) is 4.67. The van der Waals surface area contributed by atoms with Crippen molar-refractivity contribution in [3.63, 3.8) is 0 Å². The van der Waals surface area contributed by atoms with Gasteiger partial charge in [0.1, 0.15) is 5.69 Å². The zero-order chi connectivity index (χ0) is 18.6. The summed E-state index contributed by atoms with van der Waals surface area (Å²) in [6.45, 7) is 3.69. The van der Waals surface area contributed by atoms with E-state index in [1.165, 1.54) is 0 Å². The maximum absolute atomic E-state index is 12.3. The van der Waals surface area contributed by atoms with Crippen LogP contribution in [0.5, 0.6) is 0 Å². The molecule has 0 fully saturated rings. The van der Waals surface area contributed by atoms with Crippen molar-refractivity contribution in [1.82, 2.24) is 20.3 Å². The molecule has 0 spiro atoms. The van der Waals surface area contributed by atoms with Crippen molar-refractivity contribution in [3.05, 3.63) is 72.1 Å². The number of para-hydroxylation sites is 1. The molecule has 0 aliphatic carbocycles. The summed E-state index contributed by atoms with van der Waals surface area (Å²) in [5, 5.41) is 22.8. The first-order valence-corrected chi connectivity index (χ1v) is 8.05. The summed E-state index contributed by atoms with van der Waals surface area (Å²) >= 11 is 0. The van der Waals surface area contributed by atoms with Crippen molar-refractivity contribution < 1.29 is 4.79 Å². The number of hydrogen-bond donors (Lipinski definition) is 2. The molecule has 0 atom stereocenters. The molecule has 1 aromatic heterocycles. The Morgan fingerprint density at radius 1 is 1.15 bits per heavy atom. The molecule has 26 heavy (non-hydrogen) atoms. The minimum Gasteiger partial charge on any atom is -0.327 e. The van der Waals surface area contributed by atoms with Crippen LogP contribution in [-0.2, 0) is 5.54 Å². The number of hydrogen-bond acceptors (Lipinski definition) is 4. The van der Waals surface area contributed by atoms with E-state index in [9.17, 15) is 4.79 Å². The van der Waals surface area contributed by atoms with Crippen LogP contribution < -0.4 is 10.6 Å². The lowest BCUT2D eigenvalue weighted by molar-refractivity contribution is 0.241. The number of nitriles is 1. The third kappa shape index (κ3) is 3.87. The number of carbonyl (C=O) groups excluding carboxylic acids is 1. The van der Waals surface area contributed by atoms with Gasteiger partial charge >= 0.3 is 6.03 Å². The number of amides is 2. The summed E-state index contributed by atoms with van der Waals surface area (Å²) in [7, 11) is 0.